The first-order valence-corrected chi connectivity index (χ1v) is 8.13. The molecule has 25 heavy (non-hydrogen) atoms. The maximum atomic E-state index is 11.0. The summed E-state index contributed by atoms with van der Waals surface area (Å²) in [6.45, 7) is 5.42. The van der Waals surface area contributed by atoms with Crippen LogP contribution in [0.5, 0.6) is 0 Å². The molecule has 0 saturated carbocycles. The second-order valence-corrected chi connectivity index (χ2v) is 6.02. The lowest BCUT2D eigenvalue weighted by atomic mass is 10.2. The van der Waals surface area contributed by atoms with Crippen molar-refractivity contribution in [3.8, 4) is 0 Å². The molecule has 10 nitrogen and oxygen atoms in total. The number of anilines is 1. The number of aliphatic hydroxyl groups is 1. The van der Waals surface area contributed by atoms with Gasteiger partial charge in [-0.2, -0.15) is 0 Å². The van der Waals surface area contributed by atoms with Gasteiger partial charge in [0.15, 0.2) is 5.82 Å². The number of aromatic nitrogens is 4. The van der Waals surface area contributed by atoms with E-state index in [0.29, 0.717) is 18.3 Å². The number of aryl methyl sites for hydroxylation is 1. The van der Waals surface area contributed by atoms with Gasteiger partial charge in [-0.25, -0.2) is 19.5 Å². The Labute approximate surface area is 144 Å². The molecule has 10 heteroatoms. The lowest BCUT2D eigenvalue weighted by molar-refractivity contribution is -0.392. The summed E-state index contributed by atoms with van der Waals surface area (Å²) in [5.74, 6) is 1.15. The van der Waals surface area contributed by atoms with Crippen molar-refractivity contribution < 1.29 is 10.0 Å². The topological polar surface area (TPSA) is 113 Å². The van der Waals surface area contributed by atoms with Crippen molar-refractivity contribution in [2.45, 2.75) is 19.6 Å². The van der Waals surface area contributed by atoms with Gasteiger partial charge in [-0.1, -0.05) is 0 Å². The molecule has 2 aromatic rings. The van der Waals surface area contributed by atoms with Gasteiger partial charge in [0.05, 0.1) is 0 Å². The van der Waals surface area contributed by atoms with Crippen LogP contribution < -0.4 is 4.90 Å². The van der Waals surface area contributed by atoms with Gasteiger partial charge in [0.2, 0.25) is 5.95 Å². The molecule has 1 aliphatic heterocycles. The quantitative estimate of drug-likeness (QED) is 0.577. The van der Waals surface area contributed by atoms with Crippen LogP contribution in [0.3, 0.4) is 0 Å². The van der Waals surface area contributed by atoms with E-state index in [1.54, 1.807) is 25.4 Å². The van der Waals surface area contributed by atoms with Gasteiger partial charge < -0.3 is 20.1 Å². The molecule has 1 aliphatic rings. The Hall–Kier alpha value is -2.59. The lowest BCUT2D eigenvalue weighted by Gasteiger charge is -2.35. The van der Waals surface area contributed by atoms with Gasteiger partial charge in [-0.3, -0.25) is 4.90 Å². The normalized spacial score (nSPS) is 16.8. The number of rotatable bonds is 6. The van der Waals surface area contributed by atoms with Crippen LogP contribution in [0, 0.1) is 17.0 Å². The van der Waals surface area contributed by atoms with Crippen LogP contribution in [-0.2, 0) is 6.54 Å². The molecule has 1 atom stereocenters. The van der Waals surface area contributed by atoms with Crippen molar-refractivity contribution in [3.63, 3.8) is 0 Å². The number of imidazole rings is 1. The Morgan fingerprint density at radius 2 is 1.88 bits per heavy atom. The first-order valence-electron chi connectivity index (χ1n) is 8.13. The number of nitrogens with zero attached hydrogens (tertiary/aromatic N) is 7. The molecule has 0 aliphatic carbocycles. The Balaban J connectivity index is 1.52. The Kier molecular flexibility index (Phi) is 5.19. The van der Waals surface area contributed by atoms with E-state index in [1.807, 2.05) is 0 Å². The summed E-state index contributed by atoms with van der Waals surface area (Å²) in [6.07, 6.45) is 3.96. The predicted octanol–water partition coefficient (Wildman–Crippen LogP) is 0.0728. The average Bonchev–Trinajstić information content (AvgIpc) is 2.97. The summed E-state index contributed by atoms with van der Waals surface area (Å²) in [4.78, 5) is 27.2. The average molecular weight is 347 g/mol. The summed E-state index contributed by atoms with van der Waals surface area (Å²) in [5.41, 5.74) is 0. The van der Waals surface area contributed by atoms with E-state index in [4.69, 9.17) is 0 Å². The van der Waals surface area contributed by atoms with Crippen LogP contribution in [0.2, 0.25) is 0 Å². The number of aliphatic hydroxyl groups excluding tert-OH is 1. The largest absolute Gasteiger partial charge is 0.388 e. The van der Waals surface area contributed by atoms with Crippen LogP contribution in [0.4, 0.5) is 11.8 Å². The Bertz CT molecular complexity index is 713. The van der Waals surface area contributed by atoms with Crippen molar-refractivity contribution >= 4 is 11.8 Å². The third-order valence-corrected chi connectivity index (χ3v) is 4.29. The molecule has 0 radical (unpaired) electrons. The van der Waals surface area contributed by atoms with E-state index >= 15 is 0 Å². The van der Waals surface area contributed by atoms with E-state index in [0.717, 1.165) is 26.2 Å². The minimum absolute atomic E-state index is 0.0948. The zero-order valence-electron chi connectivity index (χ0n) is 14.0. The molecular weight excluding hydrogens is 326 g/mol. The van der Waals surface area contributed by atoms with Gasteiger partial charge in [0.25, 0.3) is 0 Å². The SMILES string of the molecule is Cc1ncc([N+](=O)[O-])n1CC(O)CN1CCN(c2ncccn2)CC1. The highest BCUT2D eigenvalue weighted by Gasteiger charge is 2.24. The van der Waals surface area contributed by atoms with E-state index in [2.05, 4.69) is 24.8 Å². The van der Waals surface area contributed by atoms with Crippen LogP contribution in [0.25, 0.3) is 0 Å². The molecule has 0 aromatic carbocycles. The number of hydrogen-bond donors (Lipinski definition) is 1. The summed E-state index contributed by atoms with van der Waals surface area (Å²) >= 11 is 0. The van der Waals surface area contributed by atoms with Crippen molar-refractivity contribution in [2.75, 3.05) is 37.6 Å². The fraction of sp³-hybridized carbons (Fsp3) is 0.533. The maximum absolute atomic E-state index is 11.0. The first kappa shape index (κ1) is 17.2. The lowest BCUT2D eigenvalue weighted by Crippen LogP contribution is -2.49. The van der Waals surface area contributed by atoms with Gasteiger partial charge in [0, 0.05) is 52.0 Å². The first-order chi connectivity index (χ1) is 12.0. The monoisotopic (exact) mass is 347 g/mol. The molecule has 1 unspecified atom stereocenters. The molecule has 3 heterocycles. The van der Waals surface area contributed by atoms with Crippen LogP contribution in [-0.4, -0.2) is 73.3 Å². The third-order valence-electron chi connectivity index (χ3n) is 4.29. The van der Waals surface area contributed by atoms with Gasteiger partial charge in [0.1, 0.15) is 18.8 Å². The van der Waals surface area contributed by atoms with E-state index in [-0.39, 0.29) is 12.4 Å². The smallest absolute Gasteiger partial charge is 0.342 e. The molecule has 0 amide bonds. The second-order valence-electron chi connectivity index (χ2n) is 6.02. The zero-order chi connectivity index (χ0) is 17.8. The number of nitro groups is 1. The van der Waals surface area contributed by atoms with Crippen molar-refractivity contribution in [1.29, 1.82) is 0 Å². The highest BCUT2D eigenvalue weighted by molar-refractivity contribution is 5.29. The van der Waals surface area contributed by atoms with Gasteiger partial charge in [-0.05, 0) is 11.0 Å². The number of β-amino-alcohol motifs (C(OH)–C–C–N with tert-alkyl or cyclic N) is 1. The fourth-order valence-corrected chi connectivity index (χ4v) is 2.98. The number of piperazine rings is 1. The second kappa shape index (κ2) is 7.53. The predicted molar refractivity (Wildman–Crippen MR) is 90.3 cm³/mol. The zero-order valence-corrected chi connectivity index (χ0v) is 14.0. The van der Waals surface area contributed by atoms with Crippen LogP contribution >= 0.6 is 0 Å². The molecule has 1 N–H and O–H groups in total. The standard InChI is InChI=1S/C15H21N7O3/c1-12-18-9-14(22(24)25)21(12)11-13(23)10-19-5-7-20(8-6-19)15-16-3-2-4-17-15/h2-4,9,13,23H,5-8,10-11H2,1H3. The van der Waals surface area contributed by atoms with Crippen molar-refractivity contribution in [1.82, 2.24) is 24.4 Å². The molecule has 134 valence electrons. The van der Waals surface area contributed by atoms with Crippen LogP contribution in [0.1, 0.15) is 5.82 Å². The van der Waals surface area contributed by atoms with Crippen LogP contribution in [0.15, 0.2) is 24.7 Å². The molecule has 3 rings (SSSR count). The van der Waals surface area contributed by atoms with E-state index < -0.39 is 11.0 Å². The maximum Gasteiger partial charge on any atom is 0.342 e. The molecule has 1 fully saturated rings. The van der Waals surface area contributed by atoms with Gasteiger partial charge in [-0.15, -0.1) is 0 Å². The highest BCUT2D eigenvalue weighted by Crippen LogP contribution is 2.15. The summed E-state index contributed by atoms with van der Waals surface area (Å²) in [5, 5.41) is 21.3. The molecular formula is C15H21N7O3. The summed E-state index contributed by atoms with van der Waals surface area (Å²) < 4.78 is 1.44. The number of hydrogen-bond acceptors (Lipinski definition) is 8. The Morgan fingerprint density at radius 3 is 2.52 bits per heavy atom. The minimum atomic E-state index is -0.703. The highest BCUT2D eigenvalue weighted by atomic mass is 16.6. The van der Waals surface area contributed by atoms with E-state index in [9.17, 15) is 15.2 Å². The minimum Gasteiger partial charge on any atom is -0.388 e. The van der Waals surface area contributed by atoms with Crippen molar-refractivity contribution in [3.05, 3.63) is 40.6 Å². The van der Waals surface area contributed by atoms with Gasteiger partial charge >= 0.3 is 5.82 Å². The third kappa shape index (κ3) is 4.09. The van der Waals surface area contributed by atoms with Crippen molar-refractivity contribution in [2.24, 2.45) is 0 Å². The van der Waals surface area contributed by atoms with E-state index in [1.165, 1.54) is 10.8 Å². The molecule has 0 spiro atoms. The summed E-state index contributed by atoms with van der Waals surface area (Å²) in [6, 6.07) is 1.79. The Morgan fingerprint density at radius 1 is 1.20 bits per heavy atom. The fourth-order valence-electron chi connectivity index (χ4n) is 2.98. The molecule has 1 saturated heterocycles. The summed E-state index contributed by atoms with van der Waals surface area (Å²) in [7, 11) is 0. The molecule has 0 bridgehead atoms. The molecule has 2 aromatic heterocycles.